The van der Waals surface area contributed by atoms with Gasteiger partial charge in [-0.2, -0.15) is 4.98 Å². The van der Waals surface area contributed by atoms with E-state index in [0.29, 0.717) is 5.89 Å². The third-order valence-corrected chi connectivity index (χ3v) is 2.37. The van der Waals surface area contributed by atoms with Crippen molar-refractivity contribution >= 4 is 12.4 Å². The molecule has 0 radical (unpaired) electrons. The molecule has 0 saturated carbocycles. The molecule has 0 aliphatic carbocycles. The van der Waals surface area contributed by atoms with E-state index in [1.807, 2.05) is 31.3 Å². The monoisotopic (exact) mass is 253 g/mol. The summed E-state index contributed by atoms with van der Waals surface area (Å²) in [5.41, 5.74) is 2.19. The highest BCUT2D eigenvalue weighted by atomic mass is 35.5. The molecule has 1 N–H and O–H groups in total. The molecule has 0 saturated heterocycles. The Labute approximate surface area is 107 Å². The molecule has 1 aromatic carbocycles. The van der Waals surface area contributed by atoms with Crippen molar-refractivity contribution in [3.05, 3.63) is 35.7 Å². The van der Waals surface area contributed by atoms with E-state index in [2.05, 4.69) is 22.4 Å². The van der Waals surface area contributed by atoms with E-state index in [4.69, 9.17) is 4.52 Å². The fourth-order valence-corrected chi connectivity index (χ4v) is 1.41. The largest absolute Gasteiger partial charge is 0.334 e. The molecule has 0 aliphatic heterocycles. The second kappa shape index (κ2) is 6.37. The molecule has 0 atom stereocenters. The van der Waals surface area contributed by atoms with Crippen LogP contribution in [0.4, 0.5) is 0 Å². The molecule has 0 unspecified atom stereocenters. The zero-order chi connectivity index (χ0) is 11.4. The minimum Gasteiger partial charge on any atom is -0.334 e. The van der Waals surface area contributed by atoms with Gasteiger partial charge in [-0.25, -0.2) is 0 Å². The molecule has 2 aromatic rings. The maximum Gasteiger partial charge on any atom is 0.257 e. The molecule has 4 nitrogen and oxygen atoms in total. The molecule has 0 fully saturated rings. The number of rotatable bonds is 4. The van der Waals surface area contributed by atoms with Gasteiger partial charge in [-0.15, -0.1) is 12.4 Å². The van der Waals surface area contributed by atoms with Crippen molar-refractivity contribution in [1.82, 2.24) is 15.5 Å². The molecule has 0 bridgehead atoms. The first-order valence-corrected chi connectivity index (χ1v) is 5.34. The number of hydrogen-bond donors (Lipinski definition) is 1. The maximum atomic E-state index is 5.20. The van der Waals surface area contributed by atoms with Crippen LogP contribution in [0.15, 0.2) is 28.8 Å². The van der Waals surface area contributed by atoms with Crippen molar-refractivity contribution in [2.75, 3.05) is 13.6 Å². The maximum absolute atomic E-state index is 5.20. The van der Waals surface area contributed by atoms with Crippen molar-refractivity contribution in [2.45, 2.75) is 13.3 Å². The lowest BCUT2D eigenvalue weighted by Crippen LogP contribution is -2.10. The lowest BCUT2D eigenvalue weighted by atomic mass is 10.1. The van der Waals surface area contributed by atoms with E-state index < -0.39 is 0 Å². The van der Waals surface area contributed by atoms with Gasteiger partial charge in [-0.3, -0.25) is 0 Å². The van der Waals surface area contributed by atoms with Crippen LogP contribution in [0.2, 0.25) is 0 Å². The highest BCUT2D eigenvalue weighted by Crippen LogP contribution is 2.17. The van der Waals surface area contributed by atoms with Crippen LogP contribution in [0.5, 0.6) is 0 Å². The van der Waals surface area contributed by atoms with E-state index in [-0.39, 0.29) is 12.4 Å². The Bertz CT molecular complexity index is 453. The van der Waals surface area contributed by atoms with Crippen LogP contribution < -0.4 is 5.32 Å². The van der Waals surface area contributed by atoms with Crippen LogP contribution in [0.25, 0.3) is 11.5 Å². The number of aromatic nitrogens is 2. The first-order chi connectivity index (χ1) is 7.79. The van der Waals surface area contributed by atoms with Crippen molar-refractivity contribution in [1.29, 1.82) is 0 Å². The molecule has 1 aromatic heterocycles. The second-order valence-corrected chi connectivity index (χ2v) is 3.74. The molecule has 1 heterocycles. The lowest BCUT2D eigenvalue weighted by Gasteiger charge is -1.94. The zero-order valence-corrected chi connectivity index (χ0v) is 10.8. The summed E-state index contributed by atoms with van der Waals surface area (Å²) < 4.78 is 5.20. The molecule has 2 rings (SSSR count). The Hall–Kier alpha value is -1.39. The van der Waals surface area contributed by atoms with Gasteiger partial charge in [0.15, 0.2) is 5.82 Å². The predicted octanol–water partition coefficient (Wildman–Crippen LogP) is 2.23. The van der Waals surface area contributed by atoms with Crippen LogP contribution in [0.3, 0.4) is 0 Å². The Kier molecular flexibility index (Phi) is 5.12. The third kappa shape index (κ3) is 3.54. The summed E-state index contributed by atoms with van der Waals surface area (Å²) in [5, 5.41) is 6.98. The van der Waals surface area contributed by atoms with Crippen molar-refractivity contribution in [3.63, 3.8) is 0 Å². The summed E-state index contributed by atoms with van der Waals surface area (Å²) >= 11 is 0. The molecular weight excluding hydrogens is 238 g/mol. The van der Waals surface area contributed by atoms with Crippen LogP contribution in [-0.2, 0) is 6.42 Å². The van der Waals surface area contributed by atoms with Gasteiger partial charge in [-0.05, 0) is 26.1 Å². The first kappa shape index (κ1) is 13.7. The second-order valence-electron chi connectivity index (χ2n) is 3.74. The number of aryl methyl sites for hydroxylation is 1. The lowest BCUT2D eigenvalue weighted by molar-refractivity contribution is 0.422. The molecule has 0 spiro atoms. The highest BCUT2D eigenvalue weighted by molar-refractivity contribution is 5.85. The van der Waals surface area contributed by atoms with Gasteiger partial charge in [-0.1, -0.05) is 22.9 Å². The van der Waals surface area contributed by atoms with Crippen molar-refractivity contribution < 1.29 is 4.52 Å². The number of nitrogens with zero attached hydrogens (tertiary/aromatic N) is 2. The molecule has 5 heteroatoms. The smallest absolute Gasteiger partial charge is 0.257 e. The third-order valence-electron chi connectivity index (χ3n) is 2.37. The Balaban J connectivity index is 0.00000144. The van der Waals surface area contributed by atoms with E-state index in [0.717, 1.165) is 24.4 Å². The van der Waals surface area contributed by atoms with Gasteiger partial charge in [0.25, 0.3) is 5.89 Å². The van der Waals surface area contributed by atoms with Gasteiger partial charge in [0.05, 0.1) is 0 Å². The minimum atomic E-state index is 0. The summed E-state index contributed by atoms with van der Waals surface area (Å²) in [6.07, 6.45) is 0.784. The quantitative estimate of drug-likeness (QED) is 0.908. The van der Waals surface area contributed by atoms with Crippen LogP contribution in [-0.4, -0.2) is 23.7 Å². The molecular formula is C12H16ClN3O. The van der Waals surface area contributed by atoms with E-state index in [1.54, 1.807) is 0 Å². The summed E-state index contributed by atoms with van der Waals surface area (Å²) in [6, 6.07) is 8.05. The minimum absolute atomic E-state index is 0. The average molecular weight is 254 g/mol. The summed E-state index contributed by atoms with van der Waals surface area (Å²) in [5.74, 6) is 1.33. The normalized spacial score (nSPS) is 10.0. The number of likely N-dealkylation sites (N-methyl/N-ethyl adjacent to an activating group) is 1. The standard InChI is InChI=1S/C12H15N3O.ClH/c1-9-3-5-10(6-4-9)12-14-11(15-16-12)7-8-13-2;/h3-6,13H,7-8H2,1-2H3;1H. The van der Waals surface area contributed by atoms with Crippen LogP contribution in [0.1, 0.15) is 11.4 Å². The summed E-state index contributed by atoms with van der Waals surface area (Å²) in [7, 11) is 1.90. The first-order valence-electron chi connectivity index (χ1n) is 5.34. The predicted molar refractivity (Wildman–Crippen MR) is 69.3 cm³/mol. The zero-order valence-electron chi connectivity index (χ0n) is 9.93. The van der Waals surface area contributed by atoms with E-state index in [9.17, 15) is 0 Å². The SMILES string of the molecule is CNCCc1noc(-c2ccc(C)cc2)n1.Cl. The van der Waals surface area contributed by atoms with Gasteiger partial charge in [0.2, 0.25) is 0 Å². The molecule has 92 valence electrons. The summed E-state index contributed by atoms with van der Waals surface area (Å²) in [4.78, 5) is 4.33. The number of hydrogen-bond acceptors (Lipinski definition) is 4. The molecule has 0 aliphatic rings. The van der Waals surface area contributed by atoms with Crippen LogP contribution >= 0.6 is 12.4 Å². The van der Waals surface area contributed by atoms with E-state index >= 15 is 0 Å². The number of halogens is 1. The van der Waals surface area contributed by atoms with Gasteiger partial charge >= 0.3 is 0 Å². The van der Waals surface area contributed by atoms with Crippen LogP contribution in [0, 0.1) is 6.92 Å². The van der Waals surface area contributed by atoms with Gasteiger partial charge in [0.1, 0.15) is 0 Å². The number of nitrogens with one attached hydrogen (secondary N) is 1. The molecule has 17 heavy (non-hydrogen) atoms. The Morgan fingerprint density at radius 1 is 1.24 bits per heavy atom. The fraction of sp³-hybridized carbons (Fsp3) is 0.333. The fourth-order valence-electron chi connectivity index (χ4n) is 1.41. The average Bonchev–Trinajstić information content (AvgIpc) is 2.76. The van der Waals surface area contributed by atoms with E-state index in [1.165, 1.54) is 5.56 Å². The molecule has 0 amide bonds. The topological polar surface area (TPSA) is 51.0 Å². The summed E-state index contributed by atoms with van der Waals surface area (Å²) in [6.45, 7) is 2.91. The van der Waals surface area contributed by atoms with Crippen molar-refractivity contribution in [2.24, 2.45) is 0 Å². The Morgan fingerprint density at radius 3 is 2.59 bits per heavy atom. The van der Waals surface area contributed by atoms with Crippen molar-refractivity contribution in [3.8, 4) is 11.5 Å². The highest BCUT2D eigenvalue weighted by Gasteiger charge is 2.07. The van der Waals surface area contributed by atoms with Gasteiger partial charge < -0.3 is 9.84 Å². The van der Waals surface area contributed by atoms with Gasteiger partial charge in [0, 0.05) is 18.5 Å². The number of benzene rings is 1. The Morgan fingerprint density at radius 2 is 1.94 bits per heavy atom.